The van der Waals surface area contributed by atoms with Gasteiger partial charge in [0.05, 0.1) is 0 Å². The van der Waals surface area contributed by atoms with Gasteiger partial charge in [-0.3, -0.25) is 0 Å². The summed E-state index contributed by atoms with van der Waals surface area (Å²) in [6.45, 7) is 10.3. The maximum Gasteiger partial charge on any atom is 0.00719 e. The fourth-order valence-corrected chi connectivity index (χ4v) is 3.55. The summed E-state index contributed by atoms with van der Waals surface area (Å²) >= 11 is 1.97. The minimum Gasteiger partial charge on any atom is -0.315 e. The van der Waals surface area contributed by atoms with E-state index in [-0.39, 0.29) is 0 Å². The van der Waals surface area contributed by atoms with Gasteiger partial charge in [0, 0.05) is 10.9 Å². The van der Waals surface area contributed by atoms with Crippen molar-refractivity contribution in [2.75, 3.05) is 12.3 Å². The first-order chi connectivity index (χ1) is 8.53. The molecule has 0 saturated heterocycles. The molecule has 0 radical (unpaired) electrons. The lowest BCUT2D eigenvalue weighted by Crippen LogP contribution is -2.31. The van der Waals surface area contributed by atoms with E-state index in [0.717, 1.165) is 6.54 Å². The molecule has 0 aliphatic rings. The number of nitrogens with one attached hydrogen (secondary N) is 1. The Hall–Kier alpha value is -0.470. The van der Waals surface area contributed by atoms with Crippen LogP contribution in [0.5, 0.6) is 0 Å². The van der Waals surface area contributed by atoms with Gasteiger partial charge in [0.15, 0.2) is 0 Å². The van der Waals surface area contributed by atoms with E-state index < -0.39 is 0 Å². The van der Waals surface area contributed by atoms with Crippen LogP contribution < -0.4 is 5.32 Å². The highest BCUT2D eigenvalue weighted by Crippen LogP contribution is 2.30. The molecule has 1 unspecified atom stereocenters. The zero-order chi connectivity index (χ0) is 13.4. The van der Waals surface area contributed by atoms with Gasteiger partial charge in [-0.15, -0.1) is 11.8 Å². The van der Waals surface area contributed by atoms with E-state index in [4.69, 9.17) is 0 Å². The lowest BCUT2D eigenvalue weighted by atomic mass is 9.83. The summed E-state index contributed by atoms with van der Waals surface area (Å²) in [6.07, 6.45) is 2.51. The molecule has 1 aromatic rings. The van der Waals surface area contributed by atoms with Crippen molar-refractivity contribution in [3.05, 3.63) is 30.3 Å². The van der Waals surface area contributed by atoms with Crippen molar-refractivity contribution in [1.29, 1.82) is 0 Å². The van der Waals surface area contributed by atoms with Crippen molar-refractivity contribution in [2.45, 2.75) is 51.5 Å². The second-order valence-corrected chi connectivity index (χ2v) is 6.91. The second-order valence-electron chi connectivity index (χ2n) is 5.74. The van der Waals surface area contributed by atoms with Gasteiger partial charge in [-0.25, -0.2) is 0 Å². The van der Waals surface area contributed by atoms with Crippen LogP contribution in [-0.2, 0) is 0 Å². The zero-order valence-electron chi connectivity index (χ0n) is 12.2. The Bertz CT molecular complexity index is 321. The van der Waals surface area contributed by atoms with Crippen molar-refractivity contribution in [2.24, 2.45) is 5.41 Å². The number of rotatable bonds is 8. The highest BCUT2D eigenvalue weighted by Gasteiger charge is 2.20. The molecule has 0 saturated carbocycles. The standard InChI is InChI=1S/C16H27NS/c1-5-17-14(2)13-16(3,4)11-12-18-15-9-7-6-8-10-15/h6-10,14,17H,5,11-13H2,1-4H3. The van der Waals surface area contributed by atoms with Crippen molar-refractivity contribution >= 4 is 11.8 Å². The molecule has 0 aliphatic carbocycles. The Labute approximate surface area is 117 Å². The summed E-state index contributed by atoms with van der Waals surface area (Å²) in [7, 11) is 0. The van der Waals surface area contributed by atoms with Gasteiger partial charge in [-0.1, -0.05) is 39.0 Å². The van der Waals surface area contributed by atoms with Crippen molar-refractivity contribution in [1.82, 2.24) is 5.32 Å². The molecular formula is C16H27NS. The molecule has 0 aliphatic heterocycles. The quantitative estimate of drug-likeness (QED) is 0.690. The average molecular weight is 265 g/mol. The zero-order valence-corrected chi connectivity index (χ0v) is 13.0. The lowest BCUT2D eigenvalue weighted by molar-refractivity contribution is 0.283. The van der Waals surface area contributed by atoms with Gasteiger partial charge in [-0.05, 0) is 49.6 Å². The van der Waals surface area contributed by atoms with E-state index in [0.29, 0.717) is 11.5 Å². The summed E-state index contributed by atoms with van der Waals surface area (Å²) in [6, 6.07) is 11.3. The Balaban J connectivity index is 2.28. The predicted octanol–water partition coefficient (Wildman–Crippen LogP) is 4.58. The number of thioether (sulfide) groups is 1. The smallest absolute Gasteiger partial charge is 0.00719 e. The molecule has 1 atom stereocenters. The molecule has 0 spiro atoms. The molecule has 0 bridgehead atoms. The Morgan fingerprint density at radius 3 is 2.50 bits per heavy atom. The largest absolute Gasteiger partial charge is 0.315 e. The minimum absolute atomic E-state index is 0.420. The molecule has 0 aromatic heterocycles. The van der Waals surface area contributed by atoms with E-state index in [1.165, 1.54) is 23.5 Å². The highest BCUT2D eigenvalue weighted by molar-refractivity contribution is 7.99. The third-order valence-corrected chi connectivity index (χ3v) is 4.22. The Morgan fingerprint density at radius 1 is 1.22 bits per heavy atom. The third-order valence-electron chi connectivity index (χ3n) is 3.20. The third kappa shape index (κ3) is 6.46. The van der Waals surface area contributed by atoms with Crippen LogP contribution in [0.25, 0.3) is 0 Å². The van der Waals surface area contributed by atoms with Crippen LogP contribution in [0.2, 0.25) is 0 Å². The molecule has 1 N–H and O–H groups in total. The molecule has 0 amide bonds. The maximum absolute atomic E-state index is 3.50. The monoisotopic (exact) mass is 265 g/mol. The van der Waals surface area contributed by atoms with Crippen LogP contribution in [0.3, 0.4) is 0 Å². The van der Waals surface area contributed by atoms with Gasteiger partial charge in [0.1, 0.15) is 0 Å². The van der Waals surface area contributed by atoms with Crippen molar-refractivity contribution in [3.8, 4) is 0 Å². The van der Waals surface area contributed by atoms with Gasteiger partial charge >= 0.3 is 0 Å². The van der Waals surface area contributed by atoms with Crippen LogP contribution in [0.4, 0.5) is 0 Å². The molecule has 0 heterocycles. The van der Waals surface area contributed by atoms with Crippen LogP contribution >= 0.6 is 11.8 Å². The molecule has 1 aromatic carbocycles. The van der Waals surface area contributed by atoms with Gasteiger partial charge < -0.3 is 5.32 Å². The van der Waals surface area contributed by atoms with E-state index in [1.54, 1.807) is 0 Å². The first-order valence-corrected chi connectivity index (χ1v) is 7.93. The van der Waals surface area contributed by atoms with Crippen LogP contribution in [0.1, 0.15) is 40.5 Å². The number of hydrogen-bond donors (Lipinski definition) is 1. The fraction of sp³-hybridized carbons (Fsp3) is 0.625. The maximum atomic E-state index is 3.50. The summed E-state index contributed by atoms with van der Waals surface area (Å²) in [5.41, 5.74) is 0.420. The van der Waals surface area contributed by atoms with Crippen LogP contribution in [0, 0.1) is 5.41 Å². The van der Waals surface area contributed by atoms with Crippen LogP contribution in [-0.4, -0.2) is 18.3 Å². The SMILES string of the molecule is CCNC(C)CC(C)(C)CCSc1ccccc1. The predicted molar refractivity (Wildman–Crippen MR) is 83.3 cm³/mol. The summed E-state index contributed by atoms with van der Waals surface area (Å²) < 4.78 is 0. The molecule has 1 nitrogen and oxygen atoms in total. The van der Waals surface area contributed by atoms with Gasteiger partial charge in [0.2, 0.25) is 0 Å². The second kappa shape index (κ2) is 7.85. The highest BCUT2D eigenvalue weighted by atomic mass is 32.2. The molecule has 0 fully saturated rings. The van der Waals surface area contributed by atoms with E-state index in [9.17, 15) is 0 Å². The number of hydrogen-bond acceptors (Lipinski definition) is 2. The fourth-order valence-electron chi connectivity index (χ4n) is 2.31. The van der Waals surface area contributed by atoms with E-state index >= 15 is 0 Å². The summed E-state index contributed by atoms with van der Waals surface area (Å²) in [4.78, 5) is 1.38. The molecule has 18 heavy (non-hydrogen) atoms. The number of benzene rings is 1. The lowest BCUT2D eigenvalue weighted by Gasteiger charge is -2.28. The van der Waals surface area contributed by atoms with E-state index in [1.807, 2.05) is 11.8 Å². The molecular weight excluding hydrogens is 238 g/mol. The first-order valence-electron chi connectivity index (χ1n) is 6.95. The van der Waals surface area contributed by atoms with Gasteiger partial charge in [0.25, 0.3) is 0 Å². The normalized spacial score (nSPS) is 13.6. The molecule has 2 heteroatoms. The Morgan fingerprint density at radius 2 is 1.89 bits per heavy atom. The first kappa shape index (κ1) is 15.6. The molecule has 102 valence electrons. The topological polar surface area (TPSA) is 12.0 Å². The van der Waals surface area contributed by atoms with Crippen molar-refractivity contribution in [3.63, 3.8) is 0 Å². The van der Waals surface area contributed by atoms with E-state index in [2.05, 4.69) is 63.3 Å². The molecule has 1 rings (SSSR count). The summed E-state index contributed by atoms with van der Waals surface area (Å²) in [5.74, 6) is 1.20. The van der Waals surface area contributed by atoms with Crippen molar-refractivity contribution < 1.29 is 0 Å². The Kier molecular flexibility index (Phi) is 6.80. The van der Waals surface area contributed by atoms with Gasteiger partial charge in [-0.2, -0.15) is 0 Å². The average Bonchev–Trinajstić information content (AvgIpc) is 2.29. The van der Waals surface area contributed by atoms with Crippen LogP contribution in [0.15, 0.2) is 35.2 Å². The summed E-state index contributed by atoms with van der Waals surface area (Å²) in [5, 5.41) is 3.50. The minimum atomic E-state index is 0.420.